The van der Waals surface area contributed by atoms with Crippen LogP contribution in [0, 0.1) is 11.8 Å². The molecule has 6 heteroatoms. The second kappa shape index (κ2) is 7.82. The summed E-state index contributed by atoms with van der Waals surface area (Å²) < 4.78 is 6.69. The minimum Gasteiger partial charge on any atom is -0.468 e. The van der Waals surface area contributed by atoms with Crippen LogP contribution in [0.25, 0.3) is 10.9 Å². The van der Waals surface area contributed by atoms with E-state index in [4.69, 9.17) is 9.72 Å². The fraction of sp³-hybridized carbons (Fsp3) is 0.550. The number of ether oxygens (including phenoxy) is 1. The van der Waals surface area contributed by atoms with E-state index in [0.29, 0.717) is 27.9 Å². The number of methoxy groups -OCH3 is 1. The molecule has 3 rings (SSSR count). The van der Waals surface area contributed by atoms with Gasteiger partial charge < -0.3 is 4.74 Å². The Bertz CT molecular complexity index is 864. The van der Waals surface area contributed by atoms with Crippen molar-refractivity contribution in [1.29, 1.82) is 0 Å². The summed E-state index contributed by atoms with van der Waals surface area (Å²) in [6, 6.07) is 7.53. The first-order valence-corrected chi connectivity index (χ1v) is 10.1. The number of esters is 1. The number of fused-ring (bicyclic) bond motifs is 1. The van der Waals surface area contributed by atoms with Crippen LogP contribution in [0.5, 0.6) is 0 Å². The summed E-state index contributed by atoms with van der Waals surface area (Å²) in [5.41, 5.74) is 0.658. The second-order valence-corrected chi connectivity index (χ2v) is 8.51. The zero-order valence-corrected chi connectivity index (χ0v) is 16.6. The average Bonchev–Trinajstić information content (AvgIpc) is 2.64. The second-order valence-electron chi connectivity index (χ2n) is 7.20. The Morgan fingerprint density at radius 3 is 2.77 bits per heavy atom. The van der Waals surface area contributed by atoms with Crippen LogP contribution in [0.3, 0.4) is 0 Å². The van der Waals surface area contributed by atoms with Crippen molar-refractivity contribution in [2.24, 2.45) is 11.8 Å². The molecular formula is C20H26N2O3S. The Balaban J connectivity index is 2.14. The molecule has 0 bridgehead atoms. The van der Waals surface area contributed by atoms with Gasteiger partial charge in [-0.3, -0.25) is 14.2 Å². The molecule has 1 fully saturated rings. The lowest BCUT2D eigenvalue weighted by atomic mass is 9.78. The van der Waals surface area contributed by atoms with Gasteiger partial charge in [0, 0.05) is 6.04 Å². The van der Waals surface area contributed by atoms with Crippen molar-refractivity contribution in [3.8, 4) is 0 Å². The van der Waals surface area contributed by atoms with Crippen LogP contribution in [0.2, 0.25) is 0 Å². The number of benzene rings is 1. The van der Waals surface area contributed by atoms with E-state index >= 15 is 0 Å². The number of para-hydroxylation sites is 1. The molecule has 0 aliphatic heterocycles. The van der Waals surface area contributed by atoms with Gasteiger partial charge in [0.15, 0.2) is 5.16 Å². The van der Waals surface area contributed by atoms with Crippen molar-refractivity contribution in [3.63, 3.8) is 0 Å². The van der Waals surface area contributed by atoms with Crippen molar-refractivity contribution in [3.05, 3.63) is 34.6 Å². The Morgan fingerprint density at radius 2 is 2.04 bits per heavy atom. The van der Waals surface area contributed by atoms with Crippen LogP contribution in [0.4, 0.5) is 0 Å². The fourth-order valence-corrected chi connectivity index (χ4v) is 4.78. The van der Waals surface area contributed by atoms with Crippen molar-refractivity contribution in [1.82, 2.24) is 9.55 Å². The maximum absolute atomic E-state index is 13.3. The molecule has 0 amide bonds. The maximum Gasteiger partial charge on any atom is 0.318 e. The molecule has 2 aromatic rings. The molecular weight excluding hydrogens is 348 g/mol. The summed E-state index contributed by atoms with van der Waals surface area (Å²) in [4.78, 5) is 30.0. The summed E-state index contributed by atoms with van der Waals surface area (Å²) >= 11 is 1.31. The van der Waals surface area contributed by atoms with Crippen LogP contribution in [0.15, 0.2) is 34.2 Å². The third-order valence-electron chi connectivity index (χ3n) is 5.59. The zero-order chi connectivity index (χ0) is 18.8. The van der Waals surface area contributed by atoms with Crippen LogP contribution in [-0.2, 0) is 9.53 Å². The van der Waals surface area contributed by atoms with E-state index in [-0.39, 0.29) is 17.6 Å². The van der Waals surface area contributed by atoms with Gasteiger partial charge in [-0.1, -0.05) is 50.6 Å². The Kier molecular flexibility index (Phi) is 5.70. The summed E-state index contributed by atoms with van der Waals surface area (Å²) in [6.45, 7) is 6.25. The first-order chi connectivity index (χ1) is 12.4. The zero-order valence-electron chi connectivity index (χ0n) is 15.8. The highest BCUT2D eigenvalue weighted by Gasteiger charge is 2.32. The van der Waals surface area contributed by atoms with E-state index in [0.717, 1.165) is 12.8 Å². The number of nitrogens with zero attached hydrogens (tertiary/aromatic N) is 2. The van der Waals surface area contributed by atoms with Crippen LogP contribution < -0.4 is 5.56 Å². The highest BCUT2D eigenvalue weighted by atomic mass is 32.2. The summed E-state index contributed by atoms with van der Waals surface area (Å²) in [5, 5.41) is 0.821. The number of aromatic nitrogens is 2. The molecule has 1 aromatic heterocycles. The molecule has 1 aliphatic rings. The standard InChI is InChI=1S/C20H26N2O3S/c1-12-8-7-11-17(13(12)2)22-18(23)15-9-5-6-10-16(15)21-20(22)26-14(3)19(24)25-4/h5-6,9-10,12-14,17H,7-8,11H2,1-4H3/t12-,13-,14+,17+/m1/s1. The summed E-state index contributed by atoms with van der Waals surface area (Å²) in [6.07, 6.45) is 3.26. The lowest BCUT2D eigenvalue weighted by molar-refractivity contribution is -0.139. The number of carbonyl (C=O) groups excluding carboxylic acids is 1. The van der Waals surface area contributed by atoms with E-state index in [1.165, 1.54) is 25.3 Å². The predicted molar refractivity (Wildman–Crippen MR) is 105 cm³/mol. The highest BCUT2D eigenvalue weighted by Crippen LogP contribution is 2.39. The van der Waals surface area contributed by atoms with Crippen molar-refractivity contribution in [2.75, 3.05) is 7.11 Å². The maximum atomic E-state index is 13.3. The lowest BCUT2D eigenvalue weighted by Crippen LogP contribution is -2.35. The molecule has 0 N–H and O–H groups in total. The van der Waals surface area contributed by atoms with Gasteiger partial charge in [0.05, 0.1) is 18.0 Å². The monoisotopic (exact) mass is 374 g/mol. The molecule has 0 saturated heterocycles. The number of rotatable bonds is 4. The van der Waals surface area contributed by atoms with E-state index in [2.05, 4.69) is 13.8 Å². The molecule has 4 atom stereocenters. The summed E-state index contributed by atoms with van der Waals surface area (Å²) in [5.74, 6) is 0.634. The third kappa shape index (κ3) is 3.52. The van der Waals surface area contributed by atoms with Crippen molar-refractivity contribution in [2.45, 2.75) is 56.5 Å². The van der Waals surface area contributed by atoms with Gasteiger partial charge >= 0.3 is 5.97 Å². The molecule has 1 saturated carbocycles. The lowest BCUT2D eigenvalue weighted by Gasteiger charge is -2.36. The quantitative estimate of drug-likeness (QED) is 0.459. The predicted octanol–water partition coefficient (Wildman–Crippen LogP) is 4.05. The van der Waals surface area contributed by atoms with Crippen molar-refractivity contribution >= 4 is 28.6 Å². The Labute approximate surface area is 158 Å². The van der Waals surface area contributed by atoms with Gasteiger partial charge in [-0.15, -0.1) is 0 Å². The molecule has 140 valence electrons. The number of hydrogen-bond acceptors (Lipinski definition) is 5. The molecule has 0 spiro atoms. The molecule has 1 aliphatic carbocycles. The Hall–Kier alpha value is -1.82. The van der Waals surface area contributed by atoms with Gasteiger partial charge in [0.2, 0.25) is 0 Å². The Morgan fingerprint density at radius 1 is 1.31 bits per heavy atom. The summed E-state index contributed by atoms with van der Waals surface area (Å²) in [7, 11) is 1.38. The SMILES string of the molecule is COC(=O)[C@H](C)Sc1nc2ccccc2c(=O)n1[C@H]1CCC[C@@H](C)[C@H]1C. The van der Waals surface area contributed by atoms with Gasteiger partial charge in [-0.05, 0) is 37.3 Å². The molecule has 1 aromatic carbocycles. The smallest absolute Gasteiger partial charge is 0.318 e. The minimum absolute atomic E-state index is 0.0129. The first-order valence-electron chi connectivity index (χ1n) is 9.19. The molecule has 0 unspecified atom stereocenters. The van der Waals surface area contributed by atoms with Crippen molar-refractivity contribution < 1.29 is 9.53 Å². The molecule has 5 nitrogen and oxygen atoms in total. The van der Waals surface area contributed by atoms with Crippen LogP contribution >= 0.6 is 11.8 Å². The topological polar surface area (TPSA) is 61.2 Å². The normalized spacial score (nSPS) is 24.4. The van der Waals surface area contributed by atoms with Gasteiger partial charge in [0.1, 0.15) is 5.25 Å². The number of thioether (sulfide) groups is 1. The van der Waals surface area contributed by atoms with Gasteiger partial charge in [0.25, 0.3) is 5.56 Å². The first kappa shape index (κ1) is 19.0. The van der Waals surface area contributed by atoms with E-state index in [9.17, 15) is 9.59 Å². The van der Waals surface area contributed by atoms with E-state index < -0.39 is 5.25 Å². The fourth-order valence-electron chi connectivity index (χ4n) is 3.79. The largest absolute Gasteiger partial charge is 0.468 e. The molecule has 0 radical (unpaired) electrons. The van der Waals surface area contributed by atoms with E-state index in [1.807, 2.05) is 28.8 Å². The van der Waals surface area contributed by atoms with E-state index in [1.54, 1.807) is 6.92 Å². The number of hydrogen-bond donors (Lipinski definition) is 0. The van der Waals surface area contributed by atoms with Crippen LogP contribution in [-0.4, -0.2) is 27.9 Å². The van der Waals surface area contributed by atoms with Crippen LogP contribution in [0.1, 0.15) is 46.1 Å². The molecule has 26 heavy (non-hydrogen) atoms. The van der Waals surface area contributed by atoms with Gasteiger partial charge in [-0.2, -0.15) is 0 Å². The molecule has 1 heterocycles. The van der Waals surface area contributed by atoms with Gasteiger partial charge in [-0.25, -0.2) is 4.98 Å². The highest BCUT2D eigenvalue weighted by molar-refractivity contribution is 8.00. The number of carbonyl (C=O) groups is 1. The third-order valence-corrected chi connectivity index (χ3v) is 6.63. The average molecular weight is 375 g/mol. The minimum atomic E-state index is -0.421.